The fraction of sp³-hybridized carbons (Fsp3) is 0.120. The summed E-state index contributed by atoms with van der Waals surface area (Å²) in [4.78, 5) is 18.3. The fourth-order valence-corrected chi connectivity index (χ4v) is 3.46. The second-order valence-corrected chi connectivity index (χ2v) is 7.49. The SMILES string of the molecule is COc1cc2nc(C=Cc3ccc(Cl)cc3)n(-c3ccc(C)cc3)c(=O)c2cc1OC. The van der Waals surface area contributed by atoms with E-state index in [2.05, 4.69) is 0 Å². The molecule has 6 heteroatoms. The van der Waals surface area contributed by atoms with Gasteiger partial charge in [0.25, 0.3) is 5.56 Å². The summed E-state index contributed by atoms with van der Waals surface area (Å²) in [6.07, 6.45) is 3.72. The highest BCUT2D eigenvalue weighted by Gasteiger charge is 2.15. The molecule has 1 aromatic heterocycles. The van der Waals surface area contributed by atoms with Crippen LogP contribution >= 0.6 is 11.6 Å². The van der Waals surface area contributed by atoms with Crippen LogP contribution in [0.2, 0.25) is 5.02 Å². The first-order valence-electron chi connectivity index (χ1n) is 9.69. The van der Waals surface area contributed by atoms with Crippen LogP contribution < -0.4 is 15.0 Å². The second-order valence-electron chi connectivity index (χ2n) is 7.06. The Balaban J connectivity index is 1.97. The first kappa shape index (κ1) is 20.7. The van der Waals surface area contributed by atoms with E-state index in [1.807, 2.05) is 67.6 Å². The van der Waals surface area contributed by atoms with Crippen molar-refractivity contribution in [1.82, 2.24) is 9.55 Å². The van der Waals surface area contributed by atoms with E-state index in [-0.39, 0.29) is 5.56 Å². The molecule has 0 unspecified atom stereocenters. The molecule has 5 nitrogen and oxygen atoms in total. The van der Waals surface area contributed by atoms with Crippen LogP contribution in [0, 0.1) is 6.92 Å². The van der Waals surface area contributed by atoms with Crippen molar-refractivity contribution in [3.05, 3.63) is 93.0 Å². The minimum atomic E-state index is -0.189. The highest BCUT2D eigenvalue weighted by molar-refractivity contribution is 6.30. The van der Waals surface area contributed by atoms with Crippen LogP contribution in [0.3, 0.4) is 0 Å². The molecule has 0 amide bonds. The van der Waals surface area contributed by atoms with E-state index in [1.54, 1.807) is 30.9 Å². The predicted octanol–water partition coefficient (Wildman–Crippen LogP) is 5.54. The quantitative estimate of drug-likeness (QED) is 0.415. The third-order valence-corrected chi connectivity index (χ3v) is 5.24. The minimum absolute atomic E-state index is 0.189. The Morgan fingerprint density at radius 1 is 0.903 bits per heavy atom. The van der Waals surface area contributed by atoms with Crippen LogP contribution in [0.4, 0.5) is 0 Å². The van der Waals surface area contributed by atoms with E-state index >= 15 is 0 Å². The molecule has 3 aromatic carbocycles. The molecule has 156 valence electrons. The number of rotatable bonds is 5. The third-order valence-electron chi connectivity index (χ3n) is 4.99. The molecule has 0 spiro atoms. The van der Waals surface area contributed by atoms with Gasteiger partial charge in [-0.25, -0.2) is 4.98 Å². The molecule has 4 aromatic rings. The van der Waals surface area contributed by atoms with Gasteiger partial charge in [-0.05, 0) is 48.9 Å². The monoisotopic (exact) mass is 432 g/mol. The molecular weight excluding hydrogens is 412 g/mol. The zero-order valence-corrected chi connectivity index (χ0v) is 18.2. The molecule has 0 aliphatic heterocycles. The first-order valence-corrected chi connectivity index (χ1v) is 10.1. The van der Waals surface area contributed by atoms with E-state index in [0.717, 1.165) is 16.8 Å². The number of benzene rings is 3. The highest BCUT2D eigenvalue weighted by atomic mass is 35.5. The van der Waals surface area contributed by atoms with Crippen LogP contribution in [0.5, 0.6) is 11.5 Å². The molecule has 4 rings (SSSR count). The number of hydrogen-bond acceptors (Lipinski definition) is 4. The van der Waals surface area contributed by atoms with E-state index in [0.29, 0.717) is 33.2 Å². The third kappa shape index (κ3) is 4.18. The van der Waals surface area contributed by atoms with Crippen molar-refractivity contribution in [2.45, 2.75) is 6.92 Å². The van der Waals surface area contributed by atoms with Crippen LogP contribution in [0.25, 0.3) is 28.7 Å². The van der Waals surface area contributed by atoms with Gasteiger partial charge in [0.2, 0.25) is 0 Å². The normalized spacial score (nSPS) is 11.2. The molecule has 0 N–H and O–H groups in total. The number of halogens is 1. The standard InChI is InChI=1S/C25H21ClN2O3/c1-16-4-11-19(12-5-16)28-24(13-8-17-6-9-18(26)10-7-17)27-21-15-23(31-3)22(30-2)14-20(21)25(28)29/h4-15H,1-3H3. The number of fused-ring (bicyclic) bond motifs is 1. The molecule has 0 radical (unpaired) electrons. The maximum atomic E-state index is 13.5. The molecule has 31 heavy (non-hydrogen) atoms. The van der Waals surface area contributed by atoms with Gasteiger partial charge < -0.3 is 9.47 Å². The van der Waals surface area contributed by atoms with E-state index in [1.165, 1.54) is 0 Å². The van der Waals surface area contributed by atoms with E-state index in [9.17, 15) is 4.79 Å². The first-order chi connectivity index (χ1) is 15.0. The largest absolute Gasteiger partial charge is 0.493 e. The van der Waals surface area contributed by atoms with Gasteiger partial charge in [-0.15, -0.1) is 0 Å². The Morgan fingerprint density at radius 2 is 1.55 bits per heavy atom. The van der Waals surface area contributed by atoms with Gasteiger partial charge in [0, 0.05) is 11.1 Å². The smallest absolute Gasteiger partial charge is 0.266 e. The molecule has 0 atom stereocenters. The number of methoxy groups -OCH3 is 2. The maximum Gasteiger partial charge on any atom is 0.266 e. The fourth-order valence-electron chi connectivity index (χ4n) is 3.33. The Bertz CT molecular complexity index is 1320. The van der Waals surface area contributed by atoms with Crippen LogP contribution in [-0.4, -0.2) is 23.8 Å². The topological polar surface area (TPSA) is 53.4 Å². The lowest BCUT2D eigenvalue weighted by molar-refractivity contribution is 0.355. The van der Waals surface area contributed by atoms with Crippen LogP contribution in [0.1, 0.15) is 17.0 Å². The summed E-state index contributed by atoms with van der Waals surface area (Å²) in [6, 6.07) is 18.6. The second kappa shape index (κ2) is 8.66. The Hall–Kier alpha value is -3.57. The molecule has 0 aliphatic carbocycles. The maximum absolute atomic E-state index is 13.5. The minimum Gasteiger partial charge on any atom is -0.493 e. The van der Waals surface area contributed by atoms with Crippen LogP contribution in [0.15, 0.2) is 65.5 Å². The summed E-state index contributed by atoms with van der Waals surface area (Å²) < 4.78 is 12.4. The lowest BCUT2D eigenvalue weighted by atomic mass is 10.1. The van der Waals surface area contributed by atoms with Crippen molar-refractivity contribution in [2.75, 3.05) is 14.2 Å². The zero-order chi connectivity index (χ0) is 22.0. The van der Waals surface area contributed by atoms with Crippen molar-refractivity contribution in [2.24, 2.45) is 0 Å². The molecule has 0 fully saturated rings. The Labute approximate surface area is 185 Å². The lowest BCUT2D eigenvalue weighted by Gasteiger charge is -2.14. The van der Waals surface area contributed by atoms with Gasteiger partial charge in [0.15, 0.2) is 11.5 Å². The molecule has 0 saturated carbocycles. The van der Waals surface area contributed by atoms with Gasteiger partial charge in [-0.2, -0.15) is 0 Å². The molecule has 0 bridgehead atoms. The van der Waals surface area contributed by atoms with Crippen molar-refractivity contribution in [3.8, 4) is 17.2 Å². The van der Waals surface area contributed by atoms with Crippen molar-refractivity contribution >= 4 is 34.7 Å². The Morgan fingerprint density at radius 3 is 2.19 bits per heavy atom. The van der Waals surface area contributed by atoms with Crippen molar-refractivity contribution in [1.29, 1.82) is 0 Å². The molecular formula is C25H21ClN2O3. The number of aromatic nitrogens is 2. The summed E-state index contributed by atoms with van der Waals surface area (Å²) in [5, 5.41) is 1.11. The summed E-state index contributed by atoms with van der Waals surface area (Å²) in [5.41, 5.74) is 3.12. The van der Waals surface area contributed by atoms with E-state index in [4.69, 9.17) is 26.1 Å². The average Bonchev–Trinajstić information content (AvgIpc) is 2.79. The number of hydrogen-bond donors (Lipinski definition) is 0. The van der Waals surface area contributed by atoms with Gasteiger partial charge in [-0.1, -0.05) is 47.5 Å². The molecule has 0 saturated heterocycles. The van der Waals surface area contributed by atoms with Gasteiger partial charge in [-0.3, -0.25) is 9.36 Å². The molecule has 0 aliphatic rings. The summed E-state index contributed by atoms with van der Waals surface area (Å²) in [7, 11) is 3.09. The predicted molar refractivity (Wildman–Crippen MR) is 126 cm³/mol. The Kier molecular flexibility index (Phi) is 5.78. The van der Waals surface area contributed by atoms with Gasteiger partial charge >= 0.3 is 0 Å². The molecule has 1 heterocycles. The van der Waals surface area contributed by atoms with E-state index < -0.39 is 0 Å². The average molecular weight is 433 g/mol. The lowest BCUT2D eigenvalue weighted by Crippen LogP contribution is -2.22. The summed E-state index contributed by atoms with van der Waals surface area (Å²) >= 11 is 5.98. The van der Waals surface area contributed by atoms with Gasteiger partial charge in [0.1, 0.15) is 5.82 Å². The number of aryl methyl sites for hydroxylation is 1. The number of ether oxygens (including phenoxy) is 2. The zero-order valence-electron chi connectivity index (χ0n) is 17.4. The van der Waals surface area contributed by atoms with Crippen LogP contribution in [-0.2, 0) is 0 Å². The summed E-state index contributed by atoms with van der Waals surface area (Å²) in [5.74, 6) is 1.50. The van der Waals surface area contributed by atoms with Gasteiger partial charge in [0.05, 0.1) is 30.8 Å². The van der Waals surface area contributed by atoms with Crippen molar-refractivity contribution in [3.63, 3.8) is 0 Å². The number of nitrogens with zero attached hydrogens (tertiary/aromatic N) is 2. The highest BCUT2D eigenvalue weighted by Crippen LogP contribution is 2.30. The van der Waals surface area contributed by atoms with Crippen molar-refractivity contribution < 1.29 is 9.47 Å². The summed E-state index contributed by atoms with van der Waals surface area (Å²) in [6.45, 7) is 2.00.